The van der Waals surface area contributed by atoms with Gasteiger partial charge in [0, 0.05) is 17.9 Å². The van der Waals surface area contributed by atoms with E-state index in [1.807, 2.05) is 0 Å². The van der Waals surface area contributed by atoms with Gasteiger partial charge in [0.1, 0.15) is 17.6 Å². The van der Waals surface area contributed by atoms with Crippen molar-refractivity contribution in [2.24, 2.45) is 11.3 Å². The highest BCUT2D eigenvalue weighted by Crippen LogP contribution is 2.52. The molecule has 2 saturated carbocycles. The number of hydrogen-bond donors (Lipinski definition) is 2. The molecular weight excluding hydrogens is 413 g/mol. The van der Waals surface area contributed by atoms with Gasteiger partial charge in [-0.2, -0.15) is 0 Å². The summed E-state index contributed by atoms with van der Waals surface area (Å²) >= 11 is 0. The number of likely N-dealkylation sites (tertiary alicyclic amines) is 1. The molecule has 3 fully saturated rings. The maximum Gasteiger partial charge on any atom is 0.326 e. The first-order valence-corrected chi connectivity index (χ1v) is 11.5. The quantitative estimate of drug-likeness (QED) is 0.652. The molecule has 4 aliphatic rings. The molecule has 3 aliphatic carbocycles. The van der Waals surface area contributed by atoms with E-state index in [0.29, 0.717) is 18.3 Å². The third-order valence-electron chi connectivity index (χ3n) is 7.43. The van der Waals surface area contributed by atoms with Crippen molar-refractivity contribution < 1.29 is 28.9 Å². The van der Waals surface area contributed by atoms with E-state index in [9.17, 15) is 19.8 Å². The van der Waals surface area contributed by atoms with Crippen molar-refractivity contribution in [2.45, 2.75) is 69.9 Å². The SMILES string of the molecule is CC1(O)C[C@@H](C(=O)O)N(C(=O)c2cc(C3CC3)c(OCC3(C)CC=C4CC4C3)cc2F)C1. The zero-order valence-electron chi connectivity index (χ0n) is 18.6. The largest absolute Gasteiger partial charge is 0.493 e. The number of carboxylic acid groups (broad SMARTS) is 1. The van der Waals surface area contributed by atoms with Crippen molar-refractivity contribution >= 4 is 11.9 Å². The summed E-state index contributed by atoms with van der Waals surface area (Å²) in [4.78, 5) is 25.8. The molecule has 2 N–H and O–H groups in total. The minimum Gasteiger partial charge on any atom is -0.493 e. The number of hydrogen-bond acceptors (Lipinski definition) is 4. The van der Waals surface area contributed by atoms with E-state index in [1.54, 1.807) is 11.6 Å². The fraction of sp³-hybridized carbons (Fsp3) is 0.600. The normalized spacial score (nSPS) is 33.5. The molecule has 4 atom stereocenters. The van der Waals surface area contributed by atoms with Crippen LogP contribution in [0.3, 0.4) is 0 Å². The van der Waals surface area contributed by atoms with Gasteiger partial charge in [-0.05, 0) is 62.5 Å². The minimum absolute atomic E-state index is 0.0201. The summed E-state index contributed by atoms with van der Waals surface area (Å²) in [5.74, 6) is -1.24. The van der Waals surface area contributed by atoms with Crippen molar-refractivity contribution in [3.05, 3.63) is 40.7 Å². The summed E-state index contributed by atoms with van der Waals surface area (Å²) in [7, 11) is 0. The first-order chi connectivity index (χ1) is 15.1. The summed E-state index contributed by atoms with van der Waals surface area (Å²) in [6.07, 6.45) is 7.38. The van der Waals surface area contributed by atoms with E-state index in [0.717, 1.165) is 36.1 Å². The predicted octanol–water partition coefficient (Wildman–Crippen LogP) is 3.88. The van der Waals surface area contributed by atoms with E-state index < -0.39 is 29.3 Å². The number of aliphatic hydroxyl groups is 1. The number of rotatable bonds is 6. The third kappa shape index (κ3) is 4.03. The number of allylic oxidation sites excluding steroid dienone is 2. The molecule has 3 unspecified atom stereocenters. The summed E-state index contributed by atoms with van der Waals surface area (Å²) < 4.78 is 21.3. The topological polar surface area (TPSA) is 87.1 Å². The highest BCUT2D eigenvalue weighted by atomic mass is 19.1. The number of amides is 1. The van der Waals surface area contributed by atoms with Gasteiger partial charge in [0.2, 0.25) is 0 Å². The lowest BCUT2D eigenvalue weighted by molar-refractivity contribution is -0.141. The van der Waals surface area contributed by atoms with Crippen LogP contribution in [0.5, 0.6) is 5.75 Å². The van der Waals surface area contributed by atoms with E-state index in [1.165, 1.54) is 19.4 Å². The molecule has 7 heteroatoms. The Labute approximate surface area is 187 Å². The fourth-order valence-corrected chi connectivity index (χ4v) is 5.34. The Hall–Kier alpha value is -2.41. The van der Waals surface area contributed by atoms with Gasteiger partial charge in [-0.25, -0.2) is 9.18 Å². The Morgan fingerprint density at radius 3 is 2.62 bits per heavy atom. The smallest absolute Gasteiger partial charge is 0.326 e. The molecule has 1 aromatic rings. The fourth-order valence-electron chi connectivity index (χ4n) is 5.34. The summed E-state index contributed by atoms with van der Waals surface area (Å²) in [6.45, 7) is 4.05. The van der Waals surface area contributed by atoms with Crippen LogP contribution in [0.25, 0.3) is 0 Å². The van der Waals surface area contributed by atoms with Crippen LogP contribution in [0, 0.1) is 17.2 Å². The maximum atomic E-state index is 15.1. The summed E-state index contributed by atoms with van der Waals surface area (Å²) in [6, 6.07) is 1.65. The number of nitrogens with zero attached hydrogens (tertiary/aromatic N) is 1. The number of benzene rings is 1. The molecule has 0 aromatic heterocycles. The highest BCUT2D eigenvalue weighted by molar-refractivity contribution is 5.97. The average molecular weight is 444 g/mol. The van der Waals surface area contributed by atoms with Crippen molar-refractivity contribution in [3.63, 3.8) is 0 Å². The Kier molecular flexibility index (Phi) is 4.89. The molecule has 1 heterocycles. The van der Waals surface area contributed by atoms with Crippen molar-refractivity contribution in [1.29, 1.82) is 0 Å². The second kappa shape index (κ2) is 7.30. The molecule has 6 nitrogen and oxygen atoms in total. The van der Waals surface area contributed by atoms with Gasteiger partial charge < -0.3 is 19.8 Å². The molecular formula is C25H30FNO5. The van der Waals surface area contributed by atoms with E-state index in [4.69, 9.17) is 4.74 Å². The van der Waals surface area contributed by atoms with Crippen LogP contribution < -0.4 is 4.74 Å². The first-order valence-electron chi connectivity index (χ1n) is 11.5. The third-order valence-corrected chi connectivity index (χ3v) is 7.43. The predicted molar refractivity (Wildman–Crippen MR) is 115 cm³/mol. The second-order valence-electron chi connectivity index (χ2n) is 10.8. The van der Waals surface area contributed by atoms with Gasteiger partial charge in [0.15, 0.2) is 0 Å². The van der Waals surface area contributed by atoms with Crippen LogP contribution in [-0.2, 0) is 4.79 Å². The number of halogens is 1. The molecule has 1 saturated heterocycles. The lowest BCUT2D eigenvalue weighted by atomic mass is 9.79. The van der Waals surface area contributed by atoms with Gasteiger partial charge in [-0.1, -0.05) is 18.6 Å². The van der Waals surface area contributed by atoms with Gasteiger partial charge in [-0.15, -0.1) is 0 Å². The van der Waals surface area contributed by atoms with E-state index in [-0.39, 0.29) is 29.9 Å². The highest BCUT2D eigenvalue weighted by Gasteiger charge is 2.46. The number of ether oxygens (including phenoxy) is 1. The van der Waals surface area contributed by atoms with Crippen LogP contribution >= 0.6 is 0 Å². The molecule has 0 spiro atoms. The number of carbonyl (C=O) groups is 2. The van der Waals surface area contributed by atoms with Crippen LogP contribution in [0.15, 0.2) is 23.8 Å². The minimum atomic E-state index is -1.32. The molecule has 0 bridgehead atoms. The van der Waals surface area contributed by atoms with Crippen molar-refractivity contribution in [3.8, 4) is 5.75 Å². The van der Waals surface area contributed by atoms with Crippen molar-refractivity contribution in [2.75, 3.05) is 13.2 Å². The number of carbonyl (C=O) groups excluding carboxylic acids is 1. The number of β-amino-alcohol motifs (C(OH)–C–C–N with tert-alkyl or cyclic N) is 1. The molecule has 0 radical (unpaired) electrons. The van der Waals surface area contributed by atoms with Crippen LogP contribution in [0.1, 0.15) is 74.2 Å². The Morgan fingerprint density at radius 2 is 1.97 bits per heavy atom. The van der Waals surface area contributed by atoms with Gasteiger partial charge in [0.25, 0.3) is 5.91 Å². The maximum absolute atomic E-state index is 15.1. The van der Waals surface area contributed by atoms with E-state index in [2.05, 4.69) is 13.0 Å². The Morgan fingerprint density at radius 1 is 1.22 bits per heavy atom. The summed E-state index contributed by atoms with van der Waals surface area (Å²) in [5, 5.41) is 19.8. The zero-order chi connectivity index (χ0) is 22.8. The Balaban J connectivity index is 1.39. The monoisotopic (exact) mass is 443 g/mol. The molecule has 1 aromatic carbocycles. The molecule has 1 amide bonds. The van der Waals surface area contributed by atoms with Gasteiger partial charge in [0.05, 0.1) is 24.3 Å². The standard InChI is InChI=1S/C25H30FNO5/c1-24(6-5-15-7-16(15)10-24)13-32-21-9-19(26)18(8-17(21)14-3-4-14)22(28)27-12-25(2,31)11-20(27)23(29)30/h5,8-9,14,16,20,31H,3-4,6-7,10-13H2,1-2H3,(H,29,30)/t16?,20-,24?,25?/m0/s1. The van der Waals surface area contributed by atoms with Crippen LogP contribution in [0.2, 0.25) is 0 Å². The molecule has 172 valence electrons. The van der Waals surface area contributed by atoms with Gasteiger partial charge in [-0.3, -0.25) is 4.79 Å². The zero-order valence-corrected chi connectivity index (χ0v) is 18.6. The van der Waals surface area contributed by atoms with E-state index >= 15 is 4.39 Å². The lowest BCUT2D eigenvalue weighted by Gasteiger charge is -2.31. The number of carboxylic acids is 1. The number of aliphatic carboxylic acids is 1. The number of fused-ring (bicyclic) bond motifs is 1. The van der Waals surface area contributed by atoms with Crippen molar-refractivity contribution in [1.82, 2.24) is 4.90 Å². The first kappa shape index (κ1) is 21.4. The average Bonchev–Trinajstić information content (AvgIpc) is 3.63. The second-order valence-corrected chi connectivity index (χ2v) is 10.8. The molecule has 32 heavy (non-hydrogen) atoms. The summed E-state index contributed by atoms with van der Waals surface area (Å²) in [5.41, 5.74) is 0.915. The molecule has 1 aliphatic heterocycles. The van der Waals surface area contributed by atoms with Crippen LogP contribution in [0.4, 0.5) is 4.39 Å². The molecule has 5 rings (SSSR count). The Bertz CT molecular complexity index is 1010. The van der Waals surface area contributed by atoms with Gasteiger partial charge >= 0.3 is 5.97 Å². The lowest BCUT2D eigenvalue weighted by Crippen LogP contribution is -2.41. The van der Waals surface area contributed by atoms with Crippen LogP contribution in [-0.4, -0.2) is 51.8 Å².